The number of anilines is 1. The number of nitrogens with zero attached hydrogens (tertiary/aromatic N) is 1. The van der Waals surface area contributed by atoms with Crippen LogP contribution in [0.3, 0.4) is 0 Å². The number of para-hydroxylation sites is 1. The number of amides is 2. The molecule has 0 spiro atoms. The minimum atomic E-state index is -0.250. The Bertz CT molecular complexity index is 901. The van der Waals surface area contributed by atoms with E-state index in [4.69, 9.17) is 4.74 Å². The second-order valence-electron chi connectivity index (χ2n) is 7.59. The highest BCUT2D eigenvalue weighted by atomic mass is 16.5. The molecule has 31 heavy (non-hydrogen) atoms. The quantitative estimate of drug-likeness (QED) is 0.638. The van der Waals surface area contributed by atoms with Gasteiger partial charge in [0.05, 0.1) is 30.3 Å². The van der Waals surface area contributed by atoms with Crippen molar-refractivity contribution in [2.24, 2.45) is 5.92 Å². The highest BCUT2D eigenvalue weighted by Gasteiger charge is 2.28. The Labute approximate surface area is 182 Å². The minimum absolute atomic E-state index is 0.163. The lowest BCUT2D eigenvalue weighted by atomic mass is 9.98. The predicted molar refractivity (Wildman–Crippen MR) is 118 cm³/mol. The van der Waals surface area contributed by atoms with E-state index in [2.05, 4.69) is 10.6 Å². The van der Waals surface area contributed by atoms with Gasteiger partial charge in [0.15, 0.2) is 0 Å². The summed E-state index contributed by atoms with van der Waals surface area (Å²) in [5.41, 5.74) is 1.88. The van der Waals surface area contributed by atoms with Gasteiger partial charge in [-0.15, -0.1) is 0 Å². The van der Waals surface area contributed by atoms with Crippen molar-refractivity contribution >= 4 is 23.5 Å². The fraction of sp³-hybridized carbons (Fsp3) is 0.375. The lowest BCUT2D eigenvalue weighted by Crippen LogP contribution is -2.43. The van der Waals surface area contributed by atoms with Gasteiger partial charge in [-0.05, 0) is 44.0 Å². The SMILES string of the molecule is CCOC(=O)[C@@H]1CCCN(CC(=O)Nc2ccccc2C(=O)NCc2ccccc2)C1. The van der Waals surface area contributed by atoms with Crippen LogP contribution in [0, 0.1) is 5.92 Å². The summed E-state index contributed by atoms with van der Waals surface area (Å²) in [7, 11) is 0. The Kier molecular flexibility index (Phi) is 8.18. The van der Waals surface area contributed by atoms with Crippen molar-refractivity contribution in [3.63, 3.8) is 0 Å². The second kappa shape index (κ2) is 11.3. The molecule has 7 heteroatoms. The van der Waals surface area contributed by atoms with E-state index in [-0.39, 0.29) is 30.2 Å². The summed E-state index contributed by atoms with van der Waals surface area (Å²) in [6.45, 7) is 3.98. The molecular weight excluding hydrogens is 394 g/mol. The number of benzene rings is 2. The molecule has 1 fully saturated rings. The van der Waals surface area contributed by atoms with Gasteiger partial charge in [0.1, 0.15) is 0 Å². The van der Waals surface area contributed by atoms with Gasteiger partial charge >= 0.3 is 5.97 Å². The Morgan fingerprint density at radius 2 is 1.81 bits per heavy atom. The van der Waals surface area contributed by atoms with Crippen LogP contribution in [0.1, 0.15) is 35.7 Å². The van der Waals surface area contributed by atoms with Crippen LogP contribution in [0.4, 0.5) is 5.69 Å². The third kappa shape index (κ3) is 6.65. The van der Waals surface area contributed by atoms with Crippen LogP contribution >= 0.6 is 0 Å². The maximum absolute atomic E-state index is 12.7. The van der Waals surface area contributed by atoms with Gasteiger partial charge in [-0.2, -0.15) is 0 Å². The number of hydrogen-bond donors (Lipinski definition) is 2. The van der Waals surface area contributed by atoms with E-state index in [0.29, 0.717) is 30.9 Å². The number of rotatable bonds is 8. The number of esters is 1. The van der Waals surface area contributed by atoms with E-state index in [0.717, 1.165) is 24.9 Å². The monoisotopic (exact) mass is 423 g/mol. The molecule has 164 valence electrons. The van der Waals surface area contributed by atoms with Gasteiger partial charge in [0.25, 0.3) is 5.91 Å². The summed E-state index contributed by atoms with van der Waals surface area (Å²) in [6.07, 6.45) is 1.62. The first-order valence-electron chi connectivity index (χ1n) is 10.7. The molecule has 1 aliphatic heterocycles. The van der Waals surface area contributed by atoms with Crippen molar-refractivity contribution in [3.05, 3.63) is 65.7 Å². The molecule has 0 saturated carbocycles. The average Bonchev–Trinajstić information content (AvgIpc) is 2.79. The second-order valence-corrected chi connectivity index (χ2v) is 7.59. The third-order valence-corrected chi connectivity index (χ3v) is 5.23. The molecule has 3 rings (SSSR count). The fourth-order valence-corrected chi connectivity index (χ4v) is 3.71. The van der Waals surface area contributed by atoms with Gasteiger partial charge in [-0.25, -0.2) is 0 Å². The molecule has 1 aliphatic rings. The normalized spacial score (nSPS) is 16.4. The Morgan fingerprint density at radius 3 is 2.58 bits per heavy atom. The van der Waals surface area contributed by atoms with Crippen molar-refractivity contribution in [3.8, 4) is 0 Å². The lowest BCUT2D eigenvalue weighted by molar-refractivity contribution is -0.150. The van der Waals surface area contributed by atoms with Gasteiger partial charge in [0.2, 0.25) is 5.91 Å². The number of nitrogens with one attached hydrogen (secondary N) is 2. The molecule has 1 heterocycles. The number of piperidine rings is 1. The number of carbonyl (C=O) groups is 3. The first-order chi connectivity index (χ1) is 15.1. The van der Waals surface area contributed by atoms with Gasteiger partial charge in [-0.1, -0.05) is 42.5 Å². The summed E-state index contributed by atoms with van der Waals surface area (Å²) in [4.78, 5) is 39.3. The van der Waals surface area contributed by atoms with Crippen LogP contribution in [0.5, 0.6) is 0 Å². The molecule has 2 N–H and O–H groups in total. The number of hydrogen-bond acceptors (Lipinski definition) is 5. The van der Waals surface area contributed by atoms with Crippen molar-refractivity contribution in [2.75, 3.05) is 31.6 Å². The van der Waals surface area contributed by atoms with E-state index in [1.54, 1.807) is 31.2 Å². The molecule has 0 aliphatic carbocycles. The zero-order valence-electron chi connectivity index (χ0n) is 17.8. The molecule has 0 unspecified atom stereocenters. The first-order valence-corrected chi connectivity index (χ1v) is 10.7. The molecule has 0 radical (unpaired) electrons. The maximum atomic E-state index is 12.7. The van der Waals surface area contributed by atoms with Crippen LogP contribution in [-0.2, 0) is 20.9 Å². The van der Waals surface area contributed by atoms with Crippen LogP contribution < -0.4 is 10.6 Å². The largest absolute Gasteiger partial charge is 0.466 e. The number of ether oxygens (including phenoxy) is 1. The molecule has 2 amide bonds. The summed E-state index contributed by atoms with van der Waals surface area (Å²) >= 11 is 0. The summed E-state index contributed by atoms with van der Waals surface area (Å²) in [6, 6.07) is 16.6. The van der Waals surface area contributed by atoms with E-state index in [1.165, 1.54) is 0 Å². The van der Waals surface area contributed by atoms with Crippen LogP contribution in [0.2, 0.25) is 0 Å². The van der Waals surface area contributed by atoms with Crippen LogP contribution in [0.15, 0.2) is 54.6 Å². The van der Waals surface area contributed by atoms with Crippen molar-refractivity contribution in [1.82, 2.24) is 10.2 Å². The summed E-state index contributed by atoms with van der Waals surface area (Å²) in [5.74, 6) is -0.862. The molecule has 1 saturated heterocycles. The highest BCUT2D eigenvalue weighted by Crippen LogP contribution is 2.19. The maximum Gasteiger partial charge on any atom is 0.310 e. The topological polar surface area (TPSA) is 87.7 Å². The zero-order valence-corrected chi connectivity index (χ0v) is 17.8. The standard InChI is InChI=1S/C24H29N3O4/c1-2-31-24(30)19-11-8-14-27(16-19)17-22(28)26-21-13-7-6-12-20(21)23(29)25-15-18-9-4-3-5-10-18/h3-7,9-10,12-13,19H,2,8,11,14-17H2,1H3,(H,25,29)(H,26,28)/t19-/m1/s1. The predicted octanol–water partition coefficient (Wildman–Crippen LogP) is 2.83. The zero-order chi connectivity index (χ0) is 22.1. The van der Waals surface area contributed by atoms with Crippen molar-refractivity contribution < 1.29 is 19.1 Å². The smallest absolute Gasteiger partial charge is 0.310 e. The fourth-order valence-electron chi connectivity index (χ4n) is 3.71. The number of likely N-dealkylation sites (tertiary alicyclic amines) is 1. The van der Waals surface area contributed by atoms with E-state index in [1.807, 2.05) is 35.2 Å². The molecular formula is C24H29N3O4. The summed E-state index contributed by atoms with van der Waals surface area (Å²) in [5, 5.41) is 5.74. The Balaban J connectivity index is 1.56. The van der Waals surface area contributed by atoms with Gasteiger partial charge in [-0.3, -0.25) is 19.3 Å². The molecule has 0 aromatic heterocycles. The molecule has 7 nitrogen and oxygen atoms in total. The molecule has 2 aromatic carbocycles. The third-order valence-electron chi connectivity index (χ3n) is 5.23. The van der Waals surface area contributed by atoms with Gasteiger partial charge in [0, 0.05) is 13.1 Å². The van der Waals surface area contributed by atoms with Gasteiger partial charge < -0.3 is 15.4 Å². The molecule has 2 aromatic rings. The lowest BCUT2D eigenvalue weighted by Gasteiger charge is -2.30. The molecule has 1 atom stereocenters. The Hall–Kier alpha value is -3.19. The number of carbonyl (C=O) groups excluding carboxylic acids is 3. The first kappa shape index (κ1) is 22.5. The minimum Gasteiger partial charge on any atom is -0.466 e. The van der Waals surface area contributed by atoms with Crippen LogP contribution in [0.25, 0.3) is 0 Å². The van der Waals surface area contributed by atoms with E-state index in [9.17, 15) is 14.4 Å². The van der Waals surface area contributed by atoms with Crippen molar-refractivity contribution in [1.29, 1.82) is 0 Å². The summed E-state index contributed by atoms with van der Waals surface area (Å²) < 4.78 is 5.12. The highest BCUT2D eigenvalue weighted by molar-refractivity contribution is 6.04. The Morgan fingerprint density at radius 1 is 1.06 bits per heavy atom. The average molecular weight is 424 g/mol. The van der Waals surface area contributed by atoms with Crippen molar-refractivity contribution in [2.45, 2.75) is 26.3 Å². The molecule has 0 bridgehead atoms. The van der Waals surface area contributed by atoms with E-state index < -0.39 is 0 Å². The van der Waals surface area contributed by atoms with E-state index >= 15 is 0 Å². The van der Waals surface area contributed by atoms with Crippen LogP contribution in [-0.4, -0.2) is 48.9 Å².